The van der Waals surface area contributed by atoms with Gasteiger partial charge >= 0.3 is 17.4 Å². The van der Waals surface area contributed by atoms with E-state index in [-0.39, 0.29) is 5.57 Å². The fourth-order valence-corrected chi connectivity index (χ4v) is 1.72. The summed E-state index contributed by atoms with van der Waals surface area (Å²) in [5, 5.41) is -5.74. The van der Waals surface area contributed by atoms with E-state index >= 15 is 0 Å². The molecule has 0 aliphatic carbocycles. The molecule has 0 saturated carbocycles. The Morgan fingerprint density at radius 2 is 1.68 bits per heavy atom. The second-order valence-corrected chi connectivity index (χ2v) is 5.66. The van der Waals surface area contributed by atoms with Crippen molar-refractivity contribution in [2.45, 2.75) is 24.8 Å². The number of alkyl halides is 5. The van der Waals surface area contributed by atoms with Crippen molar-refractivity contribution in [3.05, 3.63) is 12.2 Å². The smallest absolute Gasteiger partial charge is 0.399 e. The summed E-state index contributed by atoms with van der Waals surface area (Å²) < 4.78 is 98.5. The molecule has 0 aliphatic heterocycles. The molecule has 12 heteroatoms. The van der Waals surface area contributed by atoms with E-state index in [9.17, 15) is 44.5 Å². The monoisotopic (exact) mass is 353 g/mol. The number of carbonyl (C=O) groups is 2. The van der Waals surface area contributed by atoms with Gasteiger partial charge in [-0.25, -0.2) is 13.2 Å². The number of rotatable bonds is 7. The quantitative estimate of drug-likeness (QED) is 0.297. The maximum absolute atomic E-state index is 13.1. The van der Waals surface area contributed by atoms with Gasteiger partial charge in [0.2, 0.25) is 0 Å². The lowest BCUT2D eigenvalue weighted by molar-refractivity contribution is -0.220. The lowest BCUT2D eigenvalue weighted by atomic mass is 10.0. The van der Waals surface area contributed by atoms with Crippen molar-refractivity contribution in [2.75, 3.05) is 6.61 Å². The van der Waals surface area contributed by atoms with Gasteiger partial charge < -0.3 is 9.29 Å². The molecule has 0 aromatic carbocycles. The van der Waals surface area contributed by atoms with Crippen molar-refractivity contribution in [2.24, 2.45) is 5.92 Å². The normalized spacial score (nSPS) is 14.3. The molecule has 0 N–H and O–H groups in total. The van der Waals surface area contributed by atoms with Crippen LogP contribution >= 0.6 is 0 Å². The molecular formula is C10H10F5O6S-. The van der Waals surface area contributed by atoms with Gasteiger partial charge in [-0.1, -0.05) is 6.58 Å². The zero-order valence-electron chi connectivity index (χ0n) is 10.9. The molecule has 0 aliphatic rings. The molecule has 0 bridgehead atoms. The second-order valence-electron chi connectivity index (χ2n) is 4.21. The molecule has 22 heavy (non-hydrogen) atoms. The van der Waals surface area contributed by atoms with Gasteiger partial charge in [0.25, 0.3) is 0 Å². The number of halogens is 5. The van der Waals surface area contributed by atoms with E-state index in [4.69, 9.17) is 0 Å². The molecule has 128 valence electrons. The van der Waals surface area contributed by atoms with Gasteiger partial charge in [-0.3, -0.25) is 4.79 Å². The van der Waals surface area contributed by atoms with E-state index in [0.29, 0.717) is 0 Å². The van der Waals surface area contributed by atoms with E-state index in [1.54, 1.807) is 0 Å². The average Bonchev–Trinajstić information content (AvgIpc) is 2.29. The third-order valence-electron chi connectivity index (χ3n) is 2.28. The van der Waals surface area contributed by atoms with E-state index in [2.05, 4.69) is 11.3 Å². The molecule has 6 nitrogen and oxygen atoms in total. The fourth-order valence-electron chi connectivity index (χ4n) is 1.16. The van der Waals surface area contributed by atoms with Gasteiger partial charge in [0, 0.05) is 12.0 Å². The van der Waals surface area contributed by atoms with Crippen molar-refractivity contribution in [3.63, 3.8) is 0 Å². The Kier molecular flexibility index (Phi) is 6.21. The summed E-state index contributed by atoms with van der Waals surface area (Å²) in [4.78, 5) is 22.1. The summed E-state index contributed by atoms with van der Waals surface area (Å²) in [7, 11) is -6.65. The summed E-state index contributed by atoms with van der Waals surface area (Å²) in [6, 6.07) is 0. The van der Waals surface area contributed by atoms with Crippen LogP contribution in [0, 0.1) is 5.92 Å². The maximum Gasteiger partial charge on any atom is 0.399 e. The van der Waals surface area contributed by atoms with Gasteiger partial charge in [0.15, 0.2) is 15.9 Å². The minimum atomic E-state index is -6.65. The third-order valence-corrected chi connectivity index (χ3v) is 3.23. The first kappa shape index (κ1) is 20.4. The number of Topliss-reactive ketones (excluding diaryl/α,β-unsaturated/α-hetero) is 1. The topological polar surface area (TPSA) is 101 Å². The maximum atomic E-state index is 13.1. The summed E-state index contributed by atoms with van der Waals surface area (Å²) in [5.41, 5.74) is -0.201. The SMILES string of the molecule is C=C(C)C(=O)OCC(=O)CC(C(F)(F)F)C(F)(F)S(=O)(=O)[O-]. The number of esters is 1. The Hall–Kier alpha value is -1.56. The van der Waals surface area contributed by atoms with Crippen LogP contribution in [0.3, 0.4) is 0 Å². The predicted octanol–water partition coefficient (Wildman–Crippen LogP) is 1.38. The largest absolute Gasteiger partial charge is 0.743 e. The van der Waals surface area contributed by atoms with Gasteiger partial charge in [-0.05, 0) is 6.92 Å². The predicted molar refractivity (Wildman–Crippen MR) is 59.6 cm³/mol. The van der Waals surface area contributed by atoms with Crippen LogP contribution < -0.4 is 0 Å². The van der Waals surface area contributed by atoms with Crippen LogP contribution in [0.2, 0.25) is 0 Å². The van der Waals surface area contributed by atoms with E-state index in [1.807, 2.05) is 0 Å². The van der Waals surface area contributed by atoms with Crippen molar-refractivity contribution in [1.29, 1.82) is 0 Å². The average molecular weight is 353 g/mol. The summed E-state index contributed by atoms with van der Waals surface area (Å²) >= 11 is 0. The Bertz CT molecular complexity index is 565. The Morgan fingerprint density at radius 3 is 2.00 bits per heavy atom. The number of ether oxygens (including phenoxy) is 1. The van der Waals surface area contributed by atoms with Gasteiger partial charge in [-0.2, -0.15) is 22.0 Å². The van der Waals surface area contributed by atoms with Crippen molar-refractivity contribution >= 4 is 21.9 Å². The highest BCUT2D eigenvalue weighted by Crippen LogP contribution is 2.43. The van der Waals surface area contributed by atoms with Crippen LogP contribution in [0.15, 0.2) is 12.2 Å². The molecule has 0 aromatic rings. The van der Waals surface area contributed by atoms with Crippen LogP contribution in [0.4, 0.5) is 22.0 Å². The van der Waals surface area contributed by atoms with Crippen LogP contribution in [-0.4, -0.2) is 42.8 Å². The molecule has 0 radical (unpaired) electrons. The number of hydrogen-bond donors (Lipinski definition) is 0. The van der Waals surface area contributed by atoms with Crippen molar-refractivity contribution in [3.8, 4) is 0 Å². The van der Waals surface area contributed by atoms with Gasteiger partial charge in [-0.15, -0.1) is 0 Å². The second kappa shape index (κ2) is 6.69. The molecule has 1 unspecified atom stereocenters. The number of carbonyl (C=O) groups excluding carboxylic acids is 2. The minimum absolute atomic E-state index is 0.201. The molecule has 0 aromatic heterocycles. The fraction of sp³-hybridized carbons (Fsp3) is 0.600. The van der Waals surface area contributed by atoms with Gasteiger partial charge in [0.05, 0.1) is 0 Å². The van der Waals surface area contributed by atoms with E-state index < -0.39 is 52.2 Å². The highest BCUT2D eigenvalue weighted by Gasteiger charge is 2.60. The van der Waals surface area contributed by atoms with Crippen LogP contribution in [0.5, 0.6) is 0 Å². The molecule has 0 spiro atoms. The van der Waals surface area contributed by atoms with Crippen LogP contribution in [0.1, 0.15) is 13.3 Å². The molecular weight excluding hydrogens is 343 g/mol. The molecule has 0 saturated heterocycles. The molecule has 1 atom stereocenters. The first-order valence-electron chi connectivity index (χ1n) is 5.35. The molecule has 0 heterocycles. The van der Waals surface area contributed by atoms with Crippen LogP contribution in [-0.2, 0) is 24.4 Å². The highest BCUT2D eigenvalue weighted by molar-refractivity contribution is 7.86. The Morgan fingerprint density at radius 1 is 1.23 bits per heavy atom. The van der Waals surface area contributed by atoms with Crippen LogP contribution in [0.25, 0.3) is 0 Å². The first-order chi connectivity index (χ1) is 9.60. The lowest BCUT2D eigenvalue weighted by Crippen LogP contribution is -2.46. The summed E-state index contributed by atoms with van der Waals surface area (Å²) in [6.07, 6.45) is -7.88. The third kappa shape index (κ3) is 5.33. The molecule has 0 rings (SSSR count). The van der Waals surface area contributed by atoms with Crippen molar-refractivity contribution in [1.82, 2.24) is 0 Å². The zero-order chi connectivity index (χ0) is 17.9. The summed E-state index contributed by atoms with van der Waals surface area (Å²) in [5.74, 6) is -6.83. The standard InChI is InChI=1S/C10H11F5O6S/c1-5(2)8(17)21-4-6(16)3-7(9(11,12)13)10(14,15)22(18,19)20/h7H,1,3-4H2,2H3,(H,18,19,20)/p-1. The number of ketones is 1. The first-order valence-corrected chi connectivity index (χ1v) is 6.75. The number of hydrogen-bond acceptors (Lipinski definition) is 6. The lowest BCUT2D eigenvalue weighted by Gasteiger charge is -2.29. The summed E-state index contributed by atoms with van der Waals surface area (Å²) in [6.45, 7) is 2.96. The van der Waals surface area contributed by atoms with Gasteiger partial charge in [0.1, 0.15) is 12.5 Å². The molecule has 0 fully saturated rings. The van der Waals surface area contributed by atoms with Crippen molar-refractivity contribution < 1.29 is 49.2 Å². The van der Waals surface area contributed by atoms with E-state index in [0.717, 1.165) is 6.92 Å². The Balaban J connectivity index is 5.17. The van der Waals surface area contributed by atoms with E-state index in [1.165, 1.54) is 0 Å². The minimum Gasteiger partial charge on any atom is -0.743 e. The highest BCUT2D eigenvalue weighted by atomic mass is 32.2. The Labute approximate surface area is 121 Å². The zero-order valence-corrected chi connectivity index (χ0v) is 11.8. The molecule has 0 amide bonds.